The van der Waals surface area contributed by atoms with Crippen molar-refractivity contribution in [1.82, 2.24) is 19.7 Å². The van der Waals surface area contributed by atoms with Gasteiger partial charge in [-0.3, -0.25) is 19.3 Å². The average molecular weight is 507 g/mol. The minimum atomic E-state index is -0.740. The molecule has 0 bridgehead atoms. The summed E-state index contributed by atoms with van der Waals surface area (Å²) in [5, 5.41) is 15.1. The third kappa shape index (κ3) is 4.69. The highest BCUT2D eigenvalue weighted by molar-refractivity contribution is 6.35. The lowest BCUT2D eigenvalue weighted by Gasteiger charge is -2.34. The molecular formula is C25H32Cl2N4O3. The van der Waals surface area contributed by atoms with Crippen LogP contribution in [0.15, 0.2) is 18.6 Å². The van der Waals surface area contributed by atoms with E-state index >= 15 is 0 Å². The van der Waals surface area contributed by atoms with Crippen LogP contribution in [0.5, 0.6) is 0 Å². The molecule has 0 spiro atoms. The van der Waals surface area contributed by atoms with E-state index in [9.17, 15) is 14.7 Å². The van der Waals surface area contributed by atoms with Gasteiger partial charge in [0.25, 0.3) is 5.91 Å². The number of nitrogens with zero attached hydrogens (tertiary/aromatic N) is 4. The molecule has 1 amide bonds. The topological polar surface area (TPSA) is 88.3 Å². The second-order valence-electron chi connectivity index (χ2n) is 10.9. The maximum absolute atomic E-state index is 13.7. The SMILES string of the molecule is Cc1c(C(=O)N2CC(C)(C)C[C@@H]2Cc2c(Cl)cncc2Cl)cnn1C1CCC(C)(C(=O)O)CC1. The number of likely N-dealkylation sites (tertiary alicyclic amines) is 1. The van der Waals surface area contributed by atoms with E-state index in [4.69, 9.17) is 23.2 Å². The van der Waals surface area contributed by atoms with Crippen molar-refractivity contribution in [2.24, 2.45) is 10.8 Å². The van der Waals surface area contributed by atoms with Gasteiger partial charge in [0.1, 0.15) is 0 Å². The molecule has 1 N–H and O–H groups in total. The number of pyridine rings is 1. The molecule has 0 radical (unpaired) electrons. The molecule has 1 saturated heterocycles. The maximum atomic E-state index is 13.7. The Balaban J connectivity index is 1.55. The lowest BCUT2D eigenvalue weighted by atomic mass is 9.74. The second-order valence-corrected chi connectivity index (χ2v) is 11.7. The van der Waals surface area contributed by atoms with Gasteiger partial charge in [-0.2, -0.15) is 5.10 Å². The quantitative estimate of drug-likeness (QED) is 0.571. The summed E-state index contributed by atoms with van der Waals surface area (Å²) in [6, 6.07) is 0.0721. The minimum Gasteiger partial charge on any atom is -0.481 e. The van der Waals surface area contributed by atoms with Crippen LogP contribution in [-0.2, 0) is 11.2 Å². The van der Waals surface area contributed by atoms with Crippen LogP contribution in [0, 0.1) is 17.8 Å². The number of carbonyl (C=O) groups is 2. The van der Waals surface area contributed by atoms with Crippen molar-refractivity contribution in [2.45, 2.75) is 78.3 Å². The lowest BCUT2D eigenvalue weighted by Crippen LogP contribution is -2.38. The van der Waals surface area contributed by atoms with E-state index in [0.717, 1.165) is 30.5 Å². The molecule has 0 unspecified atom stereocenters. The molecule has 2 aromatic rings. The predicted octanol–water partition coefficient (Wildman–Crippen LogP) is 5.58. The van der Waals surface area contributed by atoms with Gasteiger partial charge in [0.15, 0.2) is 0 Å². The number of hydrogen-bond acceptors (Lipinski definition) is 4. The Labute approximate surface area is 210 Å². The molecule has 1 aliphatic heterocycles. The van der Waals surface area contributed by atoms with Gasteiger partial charge in [-0.15, -0.1) is 0 Å². The first-order valence-electron chi connectivity index (χ1n) is 11.8. The Morgan fingerprint density at radius 2 is 1.74 bits per heavy atom. The summed E-state index contributed by atoms with van der Waals surface area (Å²) in [6.45, 7) is 8.72. The highest BCUT2D eigenvalue weighted by atomic mass is 35.5. The molecule has 34 heavy (non-hydrogen) atoms. The fraction of sp³-hybridized carbons (Fsp3) is 0.600. The third-order valence-corrected chi connectivity index (χ3v) is 8.33. The zero-order valence-electron chi connectivity index (χ0n) is 20.1. The van der Waals surface area contributed by atoms with Crippen LogP contribution in [0.4, 0.5) is 0 Å². The summed E-state index contributed by atoms with van der Waals surface area (Å²) in [6.07, 6.45) is 8.92. The summed E-state index contributed by atoms with van der Waals surface area (Å²) in [4.78, 5) is 31.3. The summed E-state index contributed by atoms with van der Waals surface area (Å²) in [5.74, 6) is -0.775. The molecule has 2 fully saturated rings. The maximum Gasteiger partial charge on any atom is 0.309 e. The summed E-state index contributed by atoms with van der Waals surface area (Å²) in [5.41, 5.74) is 1.54. The molecule has 184 valence electrons. The highest BCUT2D eigenvalue weighted by Gasteiger charge is 2.42. The molecule has 1 saturated carbocycles. The predicted molar refractivity (Wildman–Crippen MR) is 131 cm³/mol. The van der Waals surface area contributed by atoms with Crippen molar-refractivity contribution in [2.75, 3.05) is 6.54 Å². The van der Waals surface area contributed by atoms with E-state index in [-0.39, 0.29) is 23.4 Å². The molecule has 0 aromatic carbocycles. The number of hydrogen-bond donors (Lipinski definition) is 1. The molecular weight excluding hydrogens is 475 g/mol. The van der Waals surface area contributed by atoms with Gasteiger partial charge >= 0.3 is 5.97 Å². The normalized spacial score (nSPS) is 26.6. The molecule has 7 nitrogen and oxygen atoms in total. The molecule has 4 rings (SSSR count). The number of aromatic nitrogens is 3. The fourth-order valence-corrected chi connectivity index (χ4v) is 6.06. The molecule has 9 heteroatoms. The van der Waals surface area contributed by atoms with Gasteiger partial charge in [0.2, 0.25) is 0 Å². The van der Waals surface area contributed by atoms with E-state index < -0.39 is 11.4 Å². The van der Waals surface area contributed by atoms with Crippen molar-refractivity contribution in [3.63, 3.8) is 0 Å². The first-order valence-corrected chi connectivity index (χ1v) is 12.5. The molecule has 3 heterocycles. The summed E-state index contributed by atoms with van der Waals surface area (Å²) in [7, 11) is 0. The molecule has 2 aromatic heterocycles. The zero-order valence-corrected chi connectivity index (χ0v) is 21.7. The number of halogens is 2. The molecule has 2 aliphatic rings. The van der Waals surface area contributed by atoms with E-state index in [1.807, 2.05) is 23.4 Å². The van der Waals surface area contributed by atoms with Crippen molar-refractivity contribution in [1.29, 1.82) is 0 Å². The van der Waals surface area contributed by atoms with Crippen LogP contribution in [0.1, 0.15) is 80.5 Å². The van der Waals surface area contributed by atoms with Gasteiger partial charge in [0.05, 0.1) is 33.3 Å². The fourth-order valence-electron chi connectivity index (χ4n) is 5.55. The van der Waals surface area contributed by atoms with E-state index in [2.05, 4.69) is 23.9 Å². The Morgan fingerprint density at radius 1 is 1.12 bits per heavy atom. The van der Waals surface area contributed by atoms with Gasteiger partial charge < -0.3 is 10.0 Å². The lowest BCUT2D eigenvalue weighted by molar-refractivity contribution is -0.150. The monoisotopic (exact) mass is 506 g/mol. The largest absolute Gasteiger partial charge is 0.481 e. The first-order chi connectivity index (χ1) is 15.9. The van der Waals surface area contributed by atoms with Crippen molar-refractivity contribution < 1.29 is 14.7 Å². The van der Waals surface area contributed by atoms with Crippen molar-refractivity contribution >= 4 is 35.1 Å². The van der Waals surface area contributed by atoms with E-state index in [1.54, 1.807) is 18.6 Å². The van der Waals surface area contributed by atoms with Crippen LogP contribution in [0.25, 0.3) is 0 Å². The van der Waals surface area contributed by atoms with E-state index in [0.29, 0.717) is 41.4 Å². The zero-order chi connectivity index (χ0) is 24.8. The van der Waals surface area contributed by atoms with Crippen LogP contribution >= 0.6 is 23.2 Å². The minimum absolute atomic E-state index is 0.0269. The highest BCUT2D eigenvalue weighted by Crippen LogP contribution is 2.42. The summed E-state index contributed by atoms with van der Waals surface area (Å²) < 4.78 is 1.92. The van der Waals surface area contributed by atoms with E-state index in [1.165, 1.54) is 0 Å². The molecule has 1 aliphatic carbocycles. The Kier molecular flexibility index (Phi) is 6.73. The number of carboxylic acid groups (broad SMARTS) is 1. The smallest absolute Gasteiger partial charge is 0.309 e. The van der Waals surface area contributed by atoms with Crippen LogP contribution in [-0.4, -0.2) is 49.2 Å². The van der Waals surface area contributed by atoms with Gasteiger partial charge in [-0.25, -0.2) is 0 Å². The third-order valence-electron chi connectivity index (χ3n) is 7.68. The number of amides is 1. The Bertz CT molecular complexity index is 1090. The van der Waals surface area contributed by atoms with Crippen molar-refractivity contribution in [3.05, 3.63) is 45.5 Å². The second kappa shape index (κ2) is 9.15. The van der Waals surface area contributed by atoms with Crippen molar-refractivity contribution in [3.8, 4) is 0 Å². The number of aliphatic carboxylic acids is 1. The number of carbonyl (C=O) groups excluding carboxylic acids is 1. The van der Waals surface area contributed by atoms with Gasteiger partial charge in [0, 0.05) is 30.7 Å². The summed E-state index contributed by atoms with van der Waals surface area (Å²) >= 11 is 12.8. The first kappa shape index (κ1) is 25.0. The van der Waals surface area contributed by atoms with Crippen LogP contribution in [0.2, 0.25) is 10.0 Å². The number of rotatable bonds is 5. The number of carboxylic acids is 1. The van der Waals surface area contributed by atoms with Gasteiger partial charge in [-0.05, 0) is 63.4 Å². The van der Waals surface area contributed by atoms with Crippen LogP contribution in [0.3, 0.4) is 0 Å². The van der Waals surface area contributed by atoms with Gasteiger partial charge in [-0.1, -0.05) is 37.0 Å². The van der Waals surface area contributed by atoms with Crippen LogP contribution < -0.4 is 0 Å². The Hall–Kier alpha value is -2.12. The average Bonchev–Trinajstić information content (AvgIpc) is 3.29. The molecule has 1 atom stereocenters. The Morgan fingerprint density at radius 3 is 2.32 bits per heavy atom. The standard InChI is InChI=1S/C25H32Cl2N4O3/c1-15-19(11-29-31(15)16-5-7-25(4,8-6-16)23(33)34)22(32)30-14-24(2,3)10-17(30)9-18-20(26)12-28-13-21(18)27/h11-13,16-17H,5-10,14H2,1-4H3,(H,33,34)/t16?,17-,25?/m0/s1.